The van der Waals surface area contributed by atoms with Crippen molar-refractivity contribution in [1.29, 1.82) is 0 Å². The summed E-state index contributed by atoms with van der Waals surface area (Å²) in [5.41, 5.74) is 12.1. The lowest BCUT2D eigenvalue weighted by molar-refractivity contribution is 0.669. The summed E-state index contributed by atoms with van der Waals surface area (Å²) in [4.78, 5) is 2.37. The predicted octanol–water partition coefficient (Wildman–Crippen LogP) is 15.6. The molecule has 0 spiro atoms. The van der Waals surface area contributed by atoms with Gasteiger partial charge in [-0.25, -0.2) is 0 Å². The van der Waals surface area contributed by atoms with Gasteiger partial charge < -0.3 is 9.32 Å². The van der Waals surface area contributed by atoms with Crippen LogP contribution in [0.4, 0.5) is 17.1 Å². The Bertz CT molecular complexity index is 3190. The van der Waals surface area contributed by atoms with E-state index in [1.165, 1.54) is 53.2 Å². The molecule has 55 heavy (non-hydrogen) atoms. The molecule has 0 amide bonds. The standard InChI is InChI=1S/C52H33NOS/c1-3-12-34(13-4-1)37-16-11-17-40(30-37)53(41-27-29-44-43-19-9-10-21-50(43)55-51(44)32-41)39-25-22-35(23-26-39)38-24-28-46-48(31-38)54-49-33-47(36-14-5-2-6-15-36)42-18-7-8-20-45(42)52(46)49/h1-33H. The van der Waals surface area contributed by atoms with Gasteiger partial charge in [0.2, 0.25) is 0 Å². The maximum absolute atomic E-state index is 6.66. The fourth-order valence-electron chi connectivity index (χ4n) is 8.23. The Hall–Kier alpha value is -6.94. The second-order valence-electron chi connectivity index (χ2n) is 14.1. The predicted molar refractivity (Wildman–Crippen MR) is 235 cm³/mol. The van der Waals surface area contributed by atoms with Gasteiger partial charge in [0.1, 0.15) is 11.2 Å². The maximum Gasteiger partial charge on any atom is 0.136 e. The second-order valence-corrected chi connectivity index (χ2v) is 15.2. The number of hydrogen-bond donors (Lipinski definition) is 0. The lowest BCUT2D eigenvalue weighted by Crippen LogP contribution is -2.09. The molecule has 11 aromatic rings. The van der Waals surface area contributed by atoms with E-state index in [1.807, 2.05) is 11.3 Å². The lowest BCUT2D eigenvalue weighted by atomic mass is 9.94. The third-order valence-electron chi connectivity index (χ3n) is 10.9. The third-order valence-corrected chi connectivity index (χ3v) is 12.0. The summed E-state index contributed by atoms with van der Waals surface area (Å²) in [5.74, 6) is 0. The first-order valence-electron chi connectivity index (χ1n) is 18.7. The van der Waals surface area contributed by atoms with Crippen molar-refractivity contribution < 1.29 is 4.42 Å². The maximum atomic E-state index is 6.66. The Labute approximate surface area is 322 Å². The number of thiophene rings is 1. The fraction of sp³-hybridized carbons (Fsp3) is 0. The highest BCUT2D eigenvalue weighted by molar-refractivity contribution is 7.25. The van der Waals surface area contributed by atoms with Crippen LogP contribution in [0.5, 0.6) is 0 Å². The topological polar surface area (TPSA) is 16.4 Å². The van der Waals surface area contributed by atoms with Gasteiger partial charge >= 0.3 is 0 Å². The summed E-state index contributed by atoms with van der Waals surface area (Å²) >= 11 is 1.85. The highest BCUT2D eigenvalue weighted by atomic mass is 32.1. The number of anilines is 3. The number of benzene rings is 9. The van der Waals surface area contributed by atoms with Gasteiger partial charge in [0, 0.05) is 48.0 Å². The number of rotatable bonds is 6. The van der Waals surface area contributed by atoms with Crippen molar-refractivity contribution in [2.45, 2.75) is 0 Å². The van der Waals surface area contributed by atoms with E-state index < -0.39 is 0 Å². The molecule has 0 fully saturated rings. The molecule has 0 aliphatic heterocycles. The molecule has 3 heteroatoms. The van der Waals surface area contributed by atoms with Crippen LogP contribution in [0, 0.1) is 0 Å². The van der Waals surface area contributed by atoms with Gasteiger partial charge in [-0.15, -0.1) is 11.3 Å². The minimum atomic E-state index is 0.892. The molecular weight excluding hydrogens is 687 g/mol. The Kier molecular flexibility index (Phi) is 7.39. The van der Waals surface area contributed by atoms with E-state index in [4.69, 9.17) is 4.42 Å². The van der Waals surface area contributed by atoms with Crippen LogP contribution in [-0.4, -0.2) is 0 Å². The van der Waals surface area contributed by atoms with E-state index in [1.54, 1.807) is 0 Å². The molecule has 0 radical (unpaired) electrons. The molecule has 0 aliphatic rings. The van der Waals surface area contributed by atoms with Gasteiger partial charge in [-0.05, 0) is 105 Å². The summed E-state index contributed by atoms with van der Waals surface area (Å²) in [7, 11) is 0. The van der Waals surface area contributed by atoms with E-state index >= 15 is 0 Å². The number of hydrogen-bond acceptors (Lipinski definition) is 3. The van der Waals surface area contributed by atoms with E-state index in [0.29, 0.717) is 0 Å². The van der Waals surface area contributed by atoms with Gasteiger partial charge in [0.15, 0.2) is 0 Å². The normalized spacial score (nSPS) is 11.6. The van der Waals surface area contributed by atoms with Crippen molar-refractivity contribution in [3.63, 3.8) is 0 Å². The zero-order valence-corrected chi connectivity index (χ0v) is 30.6. The van der Waals surface area contributed by atoms with Crippen molar-refractivity contribution >= 4 is 81.3 Å². The summed E-state index contributed by atoms with van der Waals surface area (Å²) in [6.07, 6.45) is 0. The molecule has 0 saturated carbocycles. The zero-order chi connectivity index (χ0) is 36.3. The van der Waals surface area contributed by atoms with Crippen LogP contribution in [-0.2, 0) is 0 Å². The van der Waals surface area contributed by atoms with Crippen LogP contribution in [0.25, 0.3) is 86.3 Å². The van der Waals surface area contributed by atoms with Crippen LogP contribution < -0.4 is 4.90 Å². The molecular formula is C52H33NOS. The average Bonchev–Trinajstić information content (AvgIpc) is 3.82. The first-order chi connectivity index (χ1) is 27.2. The van der Waals surface area contributed by atoms with Crippen LogP contribution in [0.1, 0.15) is 0 Å². The molecule has 0 atom stereocenters. The number of fused-ring (bicyclic) bond motifs is 8. The minimum absolute atomic E-state index is 0.892. The van der Waals surface area contributed by atoms with E-state index in [-0.39, 0.29) is 0 Å². The number of nitrogens with zero attached hydrogens (tertiary/aromatic N) is 1. The van der Waals surface area contributed by atoms with Crippen molar-refractivity contribution in [1.82, 2.24) is 0 Å². The molecule has 0 saturated heterocycles. The summed E-state index contributed by atoms with van der Waals surface area (Å²) in [5, 5.41) is 7.34. The van der Waals surface area contributed by atoms with Gasteiger partial charge in [0.25, 0.3) is 0 Å². The highest BCUT2D eigenvalue weighted by Crippen LogP contribution is 2.43. The SMILES string of the molecule is c1ccc(-c2cccc(N(c3ccc(-c4ccc5c(c4)oc4cc(-c6ccccc6)c6ccccc6c45)cc3)c3ccc4c(c3)sc3ccccc34)c2)cc1. The second kappa shape index (κ2) is 12.9. The van der Waals surface area contributed by atoms with E-state index in [2.05, 4.69) is 205 Å². The van der Waals surface area contributed by atoms with Crippen LogP contribution in [0.15, 0.2) is 205 Å². The smallest absolute Gasteiger partial charge is 0.136 e. The Balaban J connectivity index is 1.01. The number of furan rings is 1. The largest absolute Gasteiger partial charge is 0.456 e. The average molecular weight is 720 g/mol. The first kappa shape index (κ1) is 31.6. The fourth-order valence-corrected chi connectivity index (χ4v) is 9.37. The first-order valence-corrected chi connectivity index (χ1v) is 19.5. The molecule has 9 aromatic carbocycles. The summed E-state index contributed by atoms with van der Waals surface area (Å²) < 4.78 is 9.25. The zero-order valence-electron chi connectivity index (χ0n) is 29.8. The monoisotopic (exact) mass is 719 g/mol. The molecule has 2 heterocycles. The Morgan fingerprint density at radius 2 is 0.909 bits per heavy atom. The lowest BCUT2D eigenvalue weighted by Gasteiger charge is -2.26. The van der Waals surface area contributed by atoms with Crippen molar-refractivity contribution in [3.05, 3.63) is 200 Å². The molecule has 0 bridgehead atoms. The molecule has 0 unspecified atom stereocenters. The summed E-state index contributed by atoms with van der Waals surface area (Å²) in [6, 6.07) is 72.0. The van der Waals surface area contributed by atoms with Crippen molar-refractivity contribution in [2.24, 2.45) is 0 Å². The Morgan fingerprint density at radius 1 is 0.327 bits per heavy atom. The van der Waals surface area contributed by atoms with Gasteiger partial charge in [-0.3, -0.25) is 0 Å². The minimum Gasteiger partial charge on any atom is -0.456 e. The molecule has 11 rings (SSSR count). The van der Waals surface area contributed by atoms with Crippen LogP contribution in [0.2, 0.25) is 0 Å². The third kappa shape index (κ3) is 5.40. The van der Waals surface area contributed by atoms with Gasteiger partial charge in [-0.2, -0.15) is 0 Å². The van der Waals surface area contributed by atoms with E-state index in [0.717, 1.165) is 50.1 Å². The van der Waals surface area contributed by atoms with Crippen molar-refractivity contribution in [3.8, 4) is 33.4 Å². The van der Waals surface area contributed by atoms with Gasteiger partial charge in [-0.1, -0.05) is 140 Å². The molecule has 2 nitrogen and oxygen atoms in total. The van der Waals surface area contributed by atoms with E-state index in [9.17, 15) is 0 Å². The molecule has 258 valence electrons. The van der Waals surface area contributed by atoms with Crippen molar-refractivity contribution in [2.75, 3.05) is 4.90 Å². The molecule has 0 N–H and O–H groups in total. The molecule has 2 aromatic heterocycles. The van der Waals surface area contributed by atoms with Crippen LogP contribution in [0.3, 0.4) is 0 Å². The summed E-state index contributed by atoms with van der Waals surface area (Å²) in [6.45, 7) is 0. The molecule has 0 aliphatic carbocycles. The highest BCUT2D eigenvalue weighted by Gasteiger charge is 2.18. The Morgan fingerprint density at radius 3 is 1.73 bits per heavy atom. The van der Waals surface area contributed by atoms with Crippen LogP contribution >= 0.6 is 11.3 Å². The quantitative estimate of drug-likeness (QED) is 0.170. The van der Waals surface area contributed by atoms with Gasteiger partial charge in [0.05, 0.1) is 0 Å².